The van der Waals surface area contributed by atoms with E-state index >= 15 is 0 Å². The summed E-state index contributed by atoms with van der Waals surface area (Å²) in [6.07, 6.45) is 1.08. The van der Waals surface area contributed by atoms with E-state index in [1.165, 1.54) is 16.6 Å². The van der Waals surface area contributed by atoms with Crippen LogP contribution in [-0.2, 0) is 0 Å². The van der Waals surface area contributed by atoms with Gasteiger partial charge >= 0.3 is 5.97 Å². The summed E-state index contributed by atoms with van der Waals surface area (Å²) in [6.45, 7) is 1.12. The van der Waals surface area contributed by atoms with Crippen LogP contribution in [0.25, 0.3) is 10.9 Å². The molecule has 0 fully saturated rings. The van der Waals surface area contributed by atoms with E-state index in [2.05, 4.69) is 0 Å². The lowest BCUT2D eigenvalue weighted by Gasteiger charge is -2.31. The topological polar surface area (TPSA) is 71.8 Å². The van der Waals surface area contributed by atoms with Crippen molar-refractivity contribution in [2.75, 3.05) is 18.8 Å². The molecule has 0 aliphatic carbocycles. The minimum Gasteiger partial charge on any atom is -0.477 e. The Morgan fingerprint density at radius 1 is 1.38 bits per heavy atom. The normalized spacial score (nSPS) is 13.4. The first-order valence-corrected chi connectivity index (χ1v) is 5.99. The van der Waals surface area contributed by atoms with Crippen LogP contribution in [0, 0.1) is 18.6 Å². The molecular weight excluding hydrogens is 286 g/mol. The summed E-state index contributed by atoms with van der Waals surface area (Å²) >= 11 is 0. The summed E-state index contributed by atoms with van der Waals surface area (Å²) in [5.41, 5.74) is -1.61. The molecular formula is C13H10F2N2O4. The summed E-state index contributed by atoms with van der Waals surface area (Å²) in [5, 5.41) is 10.3. The molecule has 1 aromatic carbocycles. The van der Waals surface area contributed by atoms with Gasteiger partial charge in [0.15, 0.2) is 18.3 Å². The molecule has 21 heavy (non-hydrogen) atoms. The molecule has 6 nitrogen and oxygen atoms in total. The predicted molar refractivity (Wildman–Crippen MR) is 69.5 cm³/mol. The molecule has 0 amide bonds. The van der Waals surface area contributed by atoms with Crippen LogP contribution < -0.4 is 15.2 Å². The van der Waals surface area contributed by atoms with E-state index in [4.69, 9.17) is 9.84 Å². The second kappa shape index (κ2) is 4.18. The van der Waals surface area contributed by atoms with Crippen molar-refractivity contribution in [2.45, 2.75) is 6.92 Å². The molecule has 0 bridgehead atoms. The fourth-order valence-electron chi connectivity index (χ4n) is 2.42. The molecule has 0 saturated carbocycles. The third kappa shape index (κ3) is 1.61. The van der Waals surface area contributed by atoms with Gasteiger partial charge < -0.3 is 9.84 Å². The third-order valence-electron chi connectivity index (χ3n) is 3.49. The smallest absolute Gasteiger partial charge is 0.341 e. The Balaban J connectivity index is 2.64. The lowest BCUT2D eigenvalue weighted by Crippen LogP contribution is -2.40. The Morgan fingerprint density at radius 2 is 2.05 bits per heavy atom. The fraction of sp³-hybridized carbons (Fsp3) is 0.231. The zero-order valence-electron chi connectivity index (χ0n) is 11.1. The molecule has 0 radical (unpaired) electrons. The molecule has 2 aromatic rings. The monoisotopic (exact) mass is 296 g/mol. The van der Waals surface area contributed by atoms with Crippen LogP contribution >= 0.6 is 0 Å². The summed E-state index contributed by atoms with van der Waals surface area (Å²) in [7, 11) is 1.56. The molecule has 0 saturated heterocycles. The van der Waals surface area contributed by atoms with Crippen molar-refractivity contribution < 1.29 is 23.4 Å². The summed E-state index contributed by atoms with van der Waals surface area (Å²) in [5.74, 6) is -4.23. The quantitative estimate of drug-likeness (QED) is 0.856. The van der Waals surface area contributed by atoms with Crippen LogP contribution in [0.3, 0.4) is 0 Å². The number of ether oxygens (including phenoxy) is 1. The van der Waals surface area contributed by atoms with Crippen molar-refractivity contribution in [3.63, 3.8) is 0 Å². The molecule has 3 rings (SSSR count). The number of halogens is 2. The van der Waals surface area contributed by atoms with Crippen molar-refractivity contribution >= 4 is 16.9 Å². The van der Waals surface area contributed by atoms with Gasteiger partial charge in [-0.05, 0) is 6.92 Å². The van der Waals surface area contributed by atoms with Crippen LogP contribution in [0.2, 0.25) is 0 Å². The standard InChI is InChI=1S/C13H10F2N2O4/c1-5-7-10-12(9(15)8(5)14)21-4-16(2)17(10)3-6(11(7)18)13(19)20/h3H,4H2,1-2H3,(H,19,20). The number of aromatic carboxylic acids is 1. The number of carbonyl (C=O) groups is 1. The van der Waals surface area contributed by atoms with Crippen molar-refractivity contribution in [1.82, 2.24) is 4.68 Å². The Morgan fingerprint density at radius 3 is 2.67 bits per heavy atom. The van der Waals surface area contributed by atoms with E-state index in [1.54, 1.807) is 7.05 Å². The van der Waals surface area contributed by atoms with E-state index in [0.717, 1.165) is 6.20 Å². The molecule has 1 aliphatic heterocycles. The highest BCUT2D eigenvalue weighted by Crippen LogP contribution is 2.34. The molecule has 1 aromatic heterocycles. The number of aryl methyl sites for hydroxylation is 1. The average Bonchev–Trinajstić information content (AvgIpc) is 2.43. The Labute approximate surface area is 116 Å². The van der Waals surface area contributed by atoms with Crippen molar-refractivity contribution in [2.24, 2.45) is 0 Å². The molecule has 1 N–H and O–H groups in total. The van der Waals surface area contributed by atoms with Gasteiger partial charge in [-0.2, -0.15) is 4.39 Å². The number of carboxylic acid groups (broad SMARTS) is 1. The molecule has 1 aliphatic rings. The Kier molecular flexibility index (Phi) is 2.65. The maximum atomic E-state index is 14.0. The van der Waals surface area contributed by atoms with Crippen molar-refractivity contribution in [1.29, 1.82) is 0 Å². The zero-order chi connectivity index (χ0) is 15.5. The van der Waals surface area contributed by atoms with Gasteiger partial charge in [-0.1, -0.05) is 0 Å². The first kappa shape index (κ1) is 13.3. The molecule has 0 spiro atoms. The number of benzene rings is 1. The second-order valence-electron chi connectivity index (χ2n) is 4.76. The number of rotatable bonds is 1. The van der Waals surface area contributed by atoms with Crippen LogP contribution in [0.1, 0.15) is 15.9 Å². The molecule has 110 valence electrons. The van der Waals surface area contributed by atoms with E-state index in [-0.39, 0.29) is 28.9 Å². The van der Waals surface area contributed by atoms with Gasteiger partial charge in [0, 0.05) is 18.8 Å². The van der Waals surface area contributed by atoms with E-state index < -0.39 is 28.6 Å². The number of carboxylic acids is 1. The lowest BCUT2D eigenvalue weighted by atomic mass is 10.0. The van der Waals surface area contributed by atoms with Crippen molar-refractivity contribution in [3.8, 4) is 5.75 Å². The summed E-state index contributed by atoms with van der Waals surface area (Å²) < 4.78 is 34.3. The average molecular weight is 296 g/mol. The van der Waals surface area contributed by atoms with Gasteiger partial charge in [0.1, 0.15) is 11.1 Å². The highest BCUT2D eigenvalue weighted by Gasteiger charge is 2.29. The SMILES string of the molecule is Cc1c(F)c(F)c2c3c1c(=O)c(C(=O)O)cn3N(C)CO2. The summed E-state index contributed by atoms with van der Waals surface area (Å²) in [4.78, 5) is 23.4. The minimum absolute atomic E-state index is 0.0233. The maximum absolute atomic E-state index is 14.0. The van der Waals surface area contributed by atoms with Crippen LogP contribution in [0.5, 0.6) is 5.75 Å². The first-order chi connectivity index (χ1) is 9.84. The largest absolute Gasteiger partial charge is 0.477 e. The third-order valence-corrected chi connectivity index (χ3v) is 3.49. The number of nitrogens with zero attached hydrogens (tertiary/aromatic N) is 2. The molecule has 0 atom stereocenters. The van der Waals surface area contributed by atoms with Gasteiger partial charge in [-0.3, -0.25) is 14.5 Å². The van der Waals surface area contributed by atoms with E-state index in [0.29, 0.717) is 0 Å². The second-order valence-corrected chi connectivity index (χ2v) is 4.76. The Bertz CT molecular complexity index is 860. The van der Waals surface area contributed by atoms with Crippen LogP contribution in [-0.4, -0.2) is 29.5 Å². The van der Waals surface area contributed by atoms with E-state index in [1.807, 2.05) is 0 Å². The zero-order valence-corrected chi connectivity index (χ0v) is 11.1. The number of aromatic nitrogens is 1. The maximum Gasteiger partial charge on any atom is 0.341 e. The van der Waals surface area contributed by atoms with Gasteiger partial charge in [-0.15, -0.1) is 0 Å². The Hall–Kier alpha value is -2.64. The van der Waals surface area contributed by atoms with Gasteiger partial charge in [0.25, 0.3) is 0 Å². The summed E-state index contributed by atoms with van der Waals surface area (Å²) in [6, 6.07) is 0. The van der Waals surface area contributed by atoms with Gasteiger partial charge in [-0.25, -0.2) is 9.18 Å². The highest BCUT2D eigenvalue weighted by molar-refractivity contribution is 5.96. The predicted octanol–water partition coefficient (Wildman–Crippen LogP) is 1.20. The van der Waals surface area contributed by atoms with E-state index in [9.17, 15) is 18.4 Å². The number of pyridine rings is 1. The molecule has 2 heterocycles. The lowest BCUT2D eigenvalue weighted by molar-refractivity contribution is 0.0694. The van der Waals surface area contributed by atoms with Crippen LogP contribution in [0.15, 0.2) is 11.0 Å². The number of hydrogen-bond acceptors (Lipinski definition) is 4. The van der Waals surface area contributed by atoms with Crippen molar-refractivity contribution in [3.05, 3.63) is 39.2 Å². The van der Waals surface area contributed by atoms with Gasteiger partial charge in [0.2, 0.25) is 11.2 Å². The highest BCUT2D eigenvalue weighted by atomic mass is 19.2. The fourth-order valence-corrected chi connectivity index (χ4v) is 2.42. The number of hydrogen-bond donors (Lipinski definition) is 1. The van der Waals surface area contributed by atoms with Crippen LogP contribution in [0.4, 0.5) is 8.78 Å². The minimum atomic E-state index is -1.43. The first-order valence-electron chi connectivity index (χ1n) is 5.99. The van der Waals surface area contributed by atoms with Gasteiger partial charge in [0.05, 0.1) is 5.39 Å². The molecule has 0 unspecified atom stereocenters. The molecule has 8 heteroatoms.